The molecule has 2 N–H and O–H groups in total. The summed E-state index contributed by atoms with van der Waals surface area (Å²) in [5.41, 5.74) is 2.35. The van der Waals surface area contributed by atoms with Crippen LogP contribution in [0, 0.1) is 0 Å². The summed E-state index contributed by atoms with van der Waals surface area (Å²) < 4.78 is 27.6. The minimum atomic E-state index is -3.81. The third-order valence-electron chi connectivity index (χ3n) is 4.98. The molecule has 1 aromatic heterocycles. The fraction of sp³-hybridized carbons (Fsp3) is 0.217. The third kappa shape index (κ3) is 5.82. The van der Waals surface area contributed by atoms with Crippen LogP contribution in [-0.2, 0) is 10.0 Å². The van der Waals surface area contributed by atoms with Gasteiger partial charge in [0.25, 0.3) is 15.9 Å². The molecule has 1 unspecified atom stereocenters. The van der Waals surface area contributed by atoms with Crippen molar-refractivity contribution in [3.63, 3.8) is 0 Å². The number of Topliss-reactive ketones (excluding diaryl/α,β-unsaturated/α-hetero) is 1. The first-order valence-corrected chi connectivity index (χ1v) is 12.3. The van der Waals surface area contributed by atoms with Crippen molar-refractivity contribution in [3.05, 3.63) is 82.0 Å². The monoisotopic (exact) mass is 471 g/mol. The summed E-state index contributed by atoms with van der Waals surface area (Å²) in [6, 6.07) is 14.0. The highest BCUT2D eigenvalue weighted by atomic mass is 32.2. The minimum Gasteiger partial charge on any atom is -0.350 e. The second-order valence-electron chi connectivity index (χ2n) is 7.51. The van der Waals surface area contributed by atoms with Gasteiger partial charge in [0.2, 0.25) is 0 Å². The lowest BCUT2D eigenvalue weighted by atomic mass is 10.1. The highest BCUT2D eigenvalue weighted by molar-refractivity contribution is 7.92. The average molecular weight is 472 g/mol. The number of nitrogens with one attached hydrogen (secondary N) is 2. The number of benzene rings is 2. The van der Waals surface area contributed by atoms with Gasteiger partial charge in [0.05, 0.1) is 10.9 Å². The number of hydrogen-bond donors (Lipinski definition) is 2. The van der Waals surface area contributed by atoms with Crippen molar-refractivity contribution in [1.29, 1.82) is 0 Å². The van der Waals surface area contributed by atoms with Crippen LogP contribution in [-0.4, -0.2) is 45.6 Å². The van der Waals surface area contributed by atoms with Gasteiger partial charge in [-0.15, -0.1) is 0 Å². The number of sulfonamides is 1. The van der Waals surface area contributed by atoms with E-state index in [4.69, 9.17) is 0 Å². The predicted octanol–water partition coefficient (Wildman–Crippen LogP) is 3.78. The van der Waals surface area contributed by atoms with Crippen LogP contribution in [0.2, 0.25) is 0 Å². The molecule has 32 heavy (non-hydrogen) atoms. The largest absolute Gasteiger partial charge is 0.350 e. The van der Waals surface area contributed by atoms with Gasteiger partial charge in [0, 0.05) is 23.4 Å². The fourth-order valence-electron chi connectivity index (χ4n) is 3.13. The zero-order valence-electron chi connectivity index (χ0n) is 18.0. The van der Waals surface area contributed by atoms with Crippen LogP contribution in [0.5, 0.6) is 0 Å². The van der Waals surface area contributed by atoms with Crippen molar-refractivity contribution in [2.45, 2.75) is 17.9 Å². The molecule has 0 fully saturated rings. The SMILES string of the molecule is CC(=O)c1ccc(S(=O)(=O)Nc2ccc(C(=O)NCC(c3ccsc3)N(C)C)cc2)cc1. The molecule has 0 spiro atoms. The molecular formula is C23H25N3O4S2. The maximum atomic E-state index is 12.6. The van der Waals surface area contributed by atoms with Gasteiger partial charge in [0.1, 0.15) is 0 Å². The highest BCUT2D eigenvalue weighted by Gasteiger charge is 2.17. The number of ketones is 1. The molecule has 1 atom stereocenters. The van der Waals surface area contributed by atoms with Gasteiger partial charge in [-0.1, -0.05) is 12.1 Å². The van der Waals surface area contributed by atoms with E-state index in [1.807, 2.05) is 30.4 Å². The first-order valence-electron chi connectivity index (χ1n) is 9.88. The number of carbonyl (C=O) groups excluding carboxylic acids is 2. The lowest BCUT2D eigenvalue weighted by Crippen LogP contribution is -2.34. The Morgan fingerprint density at radius 2 is 1.59 bits per heavy atom. The second kappa shape index (κ2) is 10.1. The van der Waals surface area contributed by atoms with Crippen LogP contribution in [0.4, 0.5) is 5.69 Å². The van der Waals surface area contributed by atoms with Gasteiger partial charge < -0.3 is 10.2 Å². The predicted molar refractivity (Wildman–Crippen MR) is 127 cm³/mol. The number of anilines is 1. The Morgan fingerprint density at radius 3 is 2.12 bits per heavy atom. The first kappa shape index (κ1) is 23.6. The number of amides is 1. The van der Waals surface area contributed by atoms with Crippen LogP contribution in [0.1, 0.15) is 39.2 Å². The van der Waals surface area contributed by atoms with E-state index < -0.39 is 10.0 Å². The van der Waals surface area contributed by atoms with Crippen LogP contribution in [0.25, 0.3) is 0 Å². The zero-order valence-corrected chi connectivity index (χ0v) is 19.7. The number of thiophene rings is 1. The number of rotatable bonds is 9. The summed E-state index contributed by atoms with van der Waals surface area (Å²) in [7, 11) is 0.111. The van der Waals surface area contributed by atoms with Crippen LogP contribution < -0.4 is 10.0 Å². The van der Waals surface area contributed by atoms with E-state index in [1.165, 1.54) is 31.2 Å². The smallest absolute Gasteiger partial charge is 0.261 e. The lowest BCUT2D eigenvalue weighted by Gasteiger charge is -2.24. The molecule has 0 aliphatic carbocycles. The standard InChI is InChI=1S/C23H25N3O4S2/c1-16(27)17-6-10-21(11-7-17)32(29,30)25-20-8-4-18(5-9-20)23(28)24-14-22(26(2)3)19-12-13-31-15-19/h4-13,15,22,25H,14H2,1-3H3,(H,24,28). The van der Waals surface area contributed by atoms with Gasteiger partial charge in [-0.05, 0) is 79.8 Å². The summed E-state index contributed by atoms with van der Waals surface area (Å²) in [5.74, 6) is -0.371. The summed E-state index contributed by atoms with van der Waals surface area (Å²) in [6.45, 7) is 1.87. The van der Waals surface area contributed by atoms with E-state index >= 15 is 0 Å². The maximum Gasteiger partial charge on any atom is 0.261 e. The van der Waals surface area contributed by atoms with Crippen molar-refractivity contribution < 1.29 is 18.0 Å². The third-order valence-corrected chi connectivity index (χ3v) is 7.08. The highest BCUT2D eigenvalue weighted by Crippen LogP contribution is 2.21. The minimum absolute atomic E-state index is 0.0486. The summed E-state index contributed by atoms with van der Waals surface area (Å²) in [5, 5.41) is 7.00. The van der Waals surface area contributed by atoms with Crippen molar-refractivity contribution in [2.24, 2.45) is 0 Å². The molecule has 7 nitrogen and oxygen atoms in total. The molecular weight excluding hydrogens is 446 g/mol. The zero-order chi connectivity index (χ0) is 23.3. The molecule has 2 aromatic carbocycles. The molecule has 0 saturated carbocycles. The maximum absolute atomic E-state index is 12.6. The quantitative estimate of drug-likeness (QED) is 0.463. The van der Waals surface area contributed by atoms with E-state index in [9.17, 15) is 18.0 Å². The molecule has 1 heterocycles. The van der Waals surface area contributed by atoms with E-state index in [2.05, 4.69) is 15.4 Å². The fourth-order valence-corrected chi connectivity index (χ4v) is 4.89. The molecule has 9 heteroatoms. The van der Waals surface area contributed by atoms with Crippen molar-refractivity contribution in [3.8, 4) is 0 Å². The number of hydrogen-bond acceptors (Lipinski definition) is 6. The van der Waals surface area contributed by atoms with E-state index in [0.717, 1.165) is 5.56 Å². The van der Waals surface area contributed by atoms with Crippen molar-refractivity contribution in [1.82, 2.24) is 10.2 Å². The lowest BCUT2D eigenvalue weighted by molar-refractivity contribution is 0.0941. The molecule has 0 aliphatic rings. The Hall–Kier alpha value is -3.01. The number of nitrogens with zero attached hydrogens (tertiary/aromatic N) is 1. The van der Waals surface area contributed by atoms with Crippen LogP contribution in [0.3, 0.4) is 0 Å². The first-order chi connectivity index (χ1) is 15.2. The molecule has 0 saturated heterocycles. The Kier molecular flexibility index (Phi) is 7.44. The van der Waals surface area contributed by atoms with Gasteiger partial charge in [0.15, 0.2) is 5.78 Å². The van der Waals surface area contributed by atoms with Gasteiger partial charge in [-0.3, -0.25) is 14.3 Å². The van der Waals surface area contributed by atoms with Crippen molar-refractivity contribution in [2.75, 3.05) is 25.4 Å². The van der Waals surface area contributed by atoms with E-state index in [-0.39, 0.29) is 22.6 Å². The number of carbonyl (C=O) groups is 2. The summed E-state index contributed by atoms with van der Waals surface area (Å²) in [4.78, 5) is 26.0. The van der Waals surface area contributed by atoms with Gasteiger partial charge in [-0.2, -0.15) is 11.3 Å². The molecule has 0 aliphatic heterocycles. The van der Waals surface area contributed by atoms with Gasteiger partial charge >= 0.3 is 0 Å². The topological polar surface area (TPSA) is 95.6 Å². The summed E-state index contributed by atoms with van der Waals surface area (Å²) in [6.07, 6.45) is 0. The molecule has 0 bridgehead atoms. The molecule has 168 valence electrons. The Balaban J connectivity index is 1.63. The Morgan fingerprint density at radius 1 is 0.969 bits per heavy atom. The molecule has 3 rings (SSSR count). The van der Waals surface area contributed by atoms with Crippen molar-refractivity contribution >= 4 is 38.7 Å². The van der Waals surface area contributed by atoms with E-state index in [1.54, 1.807) is 35.6 Å². The normalized spacial score (nSPS) is 12.4. The van der Waals surface area contributed by atoms with Crippen LogP contribution >= 0.6 is 11.3 Å². The average Bonchev–Trinajstić information content (AvgIpc) is 3.28. The van der Waals surface area contributed by atoms with Crippen LogP contribution in [0.15, 0.2) is 70.3 Å². The molecule has 1 amide bonds. The molecule has 0 radical (unpaired) electrons. The van der Waals surface area contributed by atoms with E-state index in [0.29, 0.717) is 23.4 Å². The number of likely N-dealkylation sites (N-methyl/N-ethyl adjacent to an activating group) is 1. The van der Waals surface area contributed by atoms with Gasteiger partial charge in [-0.25, -0.2) is 8.42 Å². The second-order valence-corrected chi connectivity index (χ2v) is 9.97. The Labute approximate surface area is 192 Å². The molecule has 3 aromatic rings. The Bertz CT molecular complexity index is 1170. The summed E-state index contributed by atoms with van der Waals surface area (Å²) >= 11 is 1.61.